The molecule has 0 atom stereocenters. The molecule has 0 unspecified atom stereocenters. The maximum absolute atomic E-state index is 12.0. The Morgan fingerprint density at radius 3 is 2.72 bits per heavy atom. The lowest BCUT2D eigenvalue weighted by Crippen LogP contribution is -2.38. The molecule has 2 heterocycles. The summed E-state index contributed by atoms with van der Waals surface area (Å²) in [5.74, 6) is 0.0549. The van der Waals surface area contributed by atoms with Crippen LogP contribution in [0.1, 0.15) is 17.8 Å². The van der Waals surface area contributed by atoms with Crippen LogP contribution in [0.15, 0.2) is 12.1 Å². The quantitative estimate of drug-likeness (QED) is 0.820. The second kappa shape index (κ2) is 6.02. The topological polar surface area (TPSA) is 49.3 Å². The number of carbonyl (C=O) groups is 1. The maximum Gasteiger partial charge on any atom is 0.252 e. The molecule has 0 bridgehead atoms. The van der Waals surface area contributed by atoms with Gasteiger partial charge in [0, 0.05) is 24.5 Å². The van der Waals surface area contributed by atoms with E-state index in [1.807, 2.05) is 30.7 Å². The van der Waals surface area contributed by atoms with E-state index in [0.29, 0.717) is 6.54 Å². The number of hydrogen-bond acceptors (Lipinski definition) is 3. The van der Waals surface area contributed by atoms with Gasteiger partial charge >= 0.3 is 0 Å². The van der Waals surface area contributed by atoms with Gasteiger partial charge in [0.2, 0.25) is 0 Å². The van der Waals surface area contributed by atoms with E-state index in [2.05, 4.69) is 15.6 Å². The van der Waals surface area contributed by atoms with Crippen LogP contribution in [0.2, 0.25) is 0 Å². The molecule has 1 aliphatic heterocycles. The van der Waals surface area contributed by atoms with Crippen LogP contribution in [-0.4, -0.2) is 48.2 Å². The molecule has 100 valence electrons. The Bertz CT molecular complexity index is 386. The molecule has 5 heteroatoms. The standard InChI is InChI=1S/C13H22N4O/c1-11-4-5-12(2)17(11)15-13(18)10-16-8-3-6-14-7-9-16/h4-5,14H,3,6-10H2,1-2H3,(H,15,18). The molecular formula is C13H22N4O. The number of nitrogens with one attached hydrogen (secondary N) is 2. The third-order valence-corrected chi connectivity index (χ3v) is 3.31. The SMILES string of the molecule is Cc1ccc(C)n1NC(=O)CN1CCCNCC1. The second-order valence-electron chi connectivity index (χ2n) is 4.87. The van der Waals surface area contributed by atoms with Crippen LogP contribution in [0.3, 0.4) is 0 Å². The number of aromatic nitrogens is 1. The molecule has 1 aromatic heterocycles. The Morgan fingerprint density at radius 2 is 2.00 bits per heavy atom. The average molecular weight is 250 g/mol. The summed E-state index contributed by atoms with van der Waals surface area (Å²) in [6.45, 7) is 8.40. The molecule has 1 amide bonds. The smallest absolute Gasteiger partial charge is 0.252 e. The average Bonchev–Trinajstić information content (AvgIpc) is 2.59. The van der Waals surface area contributed by atoms with Crippen LogP contribution in [-0.2, 0) is 4.79 Å². The van der Waals surface area contributed by atoms with Crippen LogP contribution in [0.5, 0.6) is 0 Å². The van der Waals surface area contributed by atoms with Gasteiger partial charge in [-0.2, -0.15) is 0 Å². The molecule has 1 saturated heterocycles. The van der Waals surface area contributed by atoms with Crippen molar-refractivity contribution >= 4 is 5.91 Å². The van der Waals surface area contributed by atoms with Crippen molar-refractivity contribution in [2.24, 2.45) is 0 Å². The van der Waals surface area contributed by atoms with Gasteiger partial charge in [-0.15, -0.1) is 0 Å². The molecule has 0 spiro atoms. The summed E-state index contributed by atoms with van der Waals surface area (Å²) in [6.07, 6.45) is 1.11. The predicted octanol–water partition coefficient (Wildman–Crippen LogP) is 0.470. The highest BCUT2D eigenvalue weighted by molar-refractivity contribution is 5.85. The summed E-state index contributed by atoms with van der Waals surface area (Å²) >= 11 is 0. The zero-order valence-electron chi connectivity index (χ0n) is 11.2. The van der Waals surface area contributed by atoms with E-state index in [4.69, 9.17) is 0 Å². The molecule has 1 aromatic rings. The van der Waals surface area contributed by atoms with Crippen molar-refractivity contribution in [3.05, 3.63) is 23.5 Å². The second-order valence-corrected chi connectivity index (χ2v) is 4.87. The van der Waals surface area contributed by atoms with E-state index >= 15 is 0 Å². The van der Waals surface area contributed by atoms with E-state index < -0.39 is 0 Å². The summed E-state index contributed by atoms with van der Waals surface area (Å²) in [7, 11) is 0. The number of aryl methyl sites for hydroxylation is 2. The van der Waals surface area contributed by atoms with Crippen molar-refractivity contribution < 1.29 is 4.79 Å². The van der Waals surface area contributed by atoms with Crippen LogP contribution in [0, 0.1) is 13.8 Å². The zero-order chi connectivity index (χ0) is 13.0. The summed E-state index contributed by atoms with van der Waals surface area (Å²) < 4.78 is 1.85. The van der Waals surface area contributed by atoms with E-state index in [1.54, 1.807) is 0 Å². The number of carbonyl (C=O) groups excluding carboxylic acids is 1. The molecule has 1 aliphatic rings. The monoisotopic (exact) mass is 250 g/mol. The third-order valence-electron chi connectivity index (χ3n) is 3.31. The fraction of sp³-hybridized carbons (Fsp3) is 0.615. The largest absolute Gasteiger partial charge is 0.315 e. The number of rotatable bonds is 3. The first-order chi connectivity index (χ1) is 8.66. The van der Waals surface area contributed by atoms with Crippen LogP contribution < -0.4 is 10.7 Å². The van der Waals surface area contributed by atoms with Gasteiger partial charge in [0.25, 0.3) is 5.91 Å². The van der Waals surface area contributed by atoms with Gasteiger partial charge in [-0.05, 0) is 45.5 Å². The van der Waals surface area contributed by atoms with E-state index in [1.165, 1.54) is 0 Å². The molecule has 0 saturated carbocycles. The van der Waals surface area contributed by atoms with Gasteiger partial charge in [0.1, 0.15) is 0 Å². The normalized spacial score (nSPS) is 17.4. The van der Waals surface area contributed by atoms with Crippen LogP contribution in [0.4, 0.5) is 0 Å². The molecule has 2 N–H and O–H groups in total. The summed E-state index contributed by atoms with van der Waals surface area (Å²) in [4.78, 5) is 14.2. The highest BCUT2D eigenvalue weighted by Crippen LogP contribution is 2.04. The molecule has 1 fully saturated rings. The molecule has 0 radical (unpaired) electrons. The number of hydrogen-bond donors (Lipinski definition) is 2. The molecule has 0 aromatic carbocycles. The zero-order valence-corrected chi connectivity index (χ0v) is 11.2. The lowest BCUT2D eigenvalue weighted by atomic mass is 10.4. The molecular weight excluding hydrogens is 228 g/mol. The van der Waals surface area contributed by atoms with Crippen molar-refractivity contribution in [3.63, 3.8) is 0 Å². The fourth-order valence-electron chi connectivity index (χ4n) is 2.27. The lowest BCUT2D eigenvalue weighted by Gasteiger charge is -2.19. The number of nitrogens with zero attached hydrogens (tertiary/aromatic N) is 2. The van der Waals surface area contributed by atoms with E-state index in [-0.39, 0.29) is 5.91 Å². The fourth-order valence-corrected chi connectivity index (χ4v) is 2.27. The van der Waals surface area contributed by atoms with Crippen molar-refractivity contribution in [1.29, 1.82) is 0 Å². The minimum Gasteiger partial charge on any atom is -0.315 e. The van der Waals surface area contributed by atoms with Crippen molar-refractivity contribution in [3.8, 4) is 0 Å². The minimum absolute atomic E-state index is 0.0549. The van der Waals surface area contributed by atoms with Gasteiger partial charge in [0.15, 0.2) is 0 Å². The highest BCUT2D eigenvalue weighted by Gasteiger charge is 2.13. The maximum atomic E-state index is 12.0. The molecule has 5 nitrogen and oxygen atoms in total. The minimum atomic E-state index is 0.0549. The van der Waals surface area contributed by atoms with Crippen molar-refractivity contribution in [2.75, 3.05) is 38.1 Å². The molecule has 18 heavy (non-hydrogen) atoms. The summed E-state index contributed by atoms with van der Waals surface area (Å²) in [5, 5.41) is 3.34. The Balaban J connectivity index is 1.88. The summed E-state index contributed by atoms with van der Waals surface area (Å²) in [5.41, 5.74) is 5.05. The van der Waals surface area contributed by atoms with Crippen LogP contribution >= 0.6 is 0 Å². The third kappa shape index (κ3) is 3.34. The van der Waals surface area contributed by atoms with Gasteiger partial charge in [-0.1, -0.05) is 0 Å². The first kappa shape index (κ1) is 13.1. The Hall–Kier alpha value is -1.33. The lowest BCUT2D eigenvalue weighted by molar-refractivity contribution is -0.118. The highest BCUT2D eigenvalue weighted by atomic mass is 16.2. The molecule has 2 rings (SSSR count). The Labute approximate surface area is 108 Å². The first-order valence-electron chi connectivity index (χ1n) is 6.54. The van der Waals surface area contributed by atoms with Gasteiger partial charge in [-0.25, -0.2) is 0 Å². The predicted molar refractivity (Wildman–Crippen MR) is 72.2 cm³/mol. The molecule has 0 aliphatic carbocycles. The van der Waals surface area contributed by atoms with Gasteiger partial charge in [0.05, 0.1) is 6.54 Å². The number of amides is 1. The first-order valence-corrected chi connectivity index (χ1v) is 6.54. The Morgan fingerprint density at radius 1 is 1.28 bits per heavy atom. The van der Waals surface area contributed by atoms with Gasteiger partial charge < -0.3 is 5.32 Å². The van der Waals surface area contributed by atoms with E-state index in [0.717, 1.165) is 44.0 Å². The van der Waals surface area contributed by atoms with Crippen molar-refractivity contribution in [2.45, 2.75) is 20.3 Å². The van der Waals surface area contributed by atoms with E-state index in [9.17, 15) is 4.79 Å². The van der Waals surface area contributed by atoms with Gasteiger partial charge in [-0.3, -0.25) is 19.8 Å². The summed E-state index contributed by atoms with van der Waals surface area (Å²) in [6, 6.07) is 4.01. The Kier molecular flexibility index (Phi) is 4.38. The van der Waals surface area contributed by atoms with Crippen molar-refractivity contribution in [1.82, 2.24) is 14.9 Å². The van der Waals surface area contributed by atoms with Crippen LogP contribution in [0.25, 0.3) is 0 Å².